The minimum atomic E-state index is -3.86. The number of hydrogen-bond donors (Lipinski definition) is 2. The Morgan fingerprint density at radius 1 is 1.04 bits per heavy atom. The standard InChI is InChI=1S/C20H42N2O4S/c1-17(2)20(6,16-19(3,4)5)18(23)21-12-11-14-22(7,8)13-9-10-15-27(24,25)26/h17H,9-16H2,1-8H3,(H-,21,23,24,25,26)/p+1. The van der Waals surface area contributed by atoms with E-state index in [1.807, 2.05) is 0 Å². The average Bonchev–Trinajstić information content (AvgIpc) is 2.45. The number of carbonyl (C=O) groups excluding carboxylic acids is 1. The Morgan fingerprint density at radius 3 is 2.00 bits per heavy atom. The lowest BCUT2D eigenvalue weighted by Crippen LogP contribution is -2.46. The van der Waals surface area contributed by atoms with Crippen molar-refractivity contribution >= 4 is 16.0 Å². The Balaban J connectivity index is 4.38. The van der Waals surface area contributed by atoms with Crippen LogP contribution in [0.1, 0.15) is 67.2 Å². The Hall–Kier alpha value is -0.660. The van der Waals surface area contributed by atoms with Crippen LogP contribution < -0.4 is 5.32 Å². The van der Waals surface area contributed by atoms with E-state index in [-0.39, 0.29) is 28.4 Å². The van der Waals surface area contributed by atoms with E-state index < -0.39 is 10.1 Å². The molecular weight excluding hydrogens is 364 g/mol. The molecule has 0 aliphatic rings. The van der Waals surface area contributed by atoms with Gasteiger partial charge in [-0.05, 0) is 30.6 Å². The number of amides is 1. The van der Waals surface area contributed by atoms with Gasteiger partial charge in [-0.15, -0.1) is 0 Å². The van der Waals surface area contributed by atoms with Crippen LogP contribution in [0.15, 0.2) is 0 Å². The first-order valence-electron chi connectivity index (χ1n) is 10.0. The van der Waals surface area contributed by atoms with Crippen LogP contribution in [0.3, 0.4) is 0 Å². The Kier molecular flexibility index (Phi) is 9.96. The van der Waals surface area contributed by atoms with Gasteiger partial charge in [0.1, 0.15) is 0 Å². The summed E-state index contributed by atoms with van der Waals surface area (Å²) in [6.07, 6.45) is 2.94. The first kappa shape index (κ1) is 26.3. The van der Waals surface area contributed by atoms with Crippen LogP contribution in [0.2, 0.25) is 0 Å². The summed E-state index contributed by atoms with van der Waals surface area (Å²) in [4.78, 5) is 12.8. The molecule has 1 amide bonds. The number of carbonyl (C=O) groups is 1. The molecule has 7 heteroatoms. The van der Waals surface area contributed by atoms with Crippen LogP contribution in [-0.2, 0) is 14.9 Å². The summed E-state index contributed by atoms with van der Waals surface area (Å²) in [5.74, 6) is 0.225. The van der Waals surface area contributed by atoms with E-state index in [1.54, 1.807) is 0 Å². The summed E-state index contributed by atoms with van der Waals surface area (Å²) >= 11 is 0. The number of rotatable bonds is 12. The highest BCUT2D eigenvalue weighted by Gasteiger charge is 2.39. The van der Waals surface area contributed by atoms with E-state index in [2.05, 4.69) is 61.0 Å². The number of nitrogens with one attached hydrogen (secondary N) is 1. The normalized spacial score (nSPS) is 15.6. The number of nitrogens with zero attached hydrogens (tertiary/aromatic N) is 1. The van der Waals surface area contributed by atoms with Crippen LogP contribution in [0.5, 0.6) is 0 Å². The second kappa shape index (κ2) is 10.2. The van der Waals surface area contributed by atoms with E-state index in [1.165, 1.54) is 0 Å². The second-order valence-electron chi connectivity index (χ2n) is 10.3. The third-order valence-corrected chi connectivity index (χ3v) is 6.14. The maximum atomic E-state index is 12.8. The summed E-state index contributed by atoms with van der Waals surface area (Å²) in [7, 11) is 0.348. The molecule has 0 aliphatic carbocycles. The summed E-state index contributed by atoms with van der Waals surface area (Å²) < 4.78 is 31.1. The fourth-order valence-corrected chi connectivity index (χ4v) is 4.06. The van der Waals surface area contributed by atoms with Gasteiger partial charge in [-0.2, -0.15) is 8.42 Å². The largest absolute Gasteiger partial charge is 0.355 e. The Morgan fingerprint density at radius 2 is 1.56 bits per heavy atom. The molecule has 27 heavy (non-hydrogen) atoms. The molecule has 0 rings (SSSR count). The summed E-state index contributed by atoms with van der Waals surface area (Å²) in [6, 6.07) is 0. The molecule has 6 nitrogen and oxygen atoms in total. The van der Waals surface area contributed by atoms with Crippen molar-refractivity contribution in [3.05, 3.63) is 0 Å². The molecule has 0 aromatic heterocycles. The fourth-order valence-electron chi connectivity index (χ4n) is 3.50. The van der Waals surface area contributed by atoms with E-state index in [9.17, 15) is 13.2 Å². The first-order chi connectivity index (χ1) is 12.0. The van der Waals surface area contributed by atoms with E-state index in [0.717, 1.165) is 36.8 Å². The van der Waals surface area contributed by atoms with Gasteiger partial charge >= 0.3 is 0 Å². The van der Waals surface area contributed by atoms with Gasteiger partial charge in [0, 0.05) is 18.4 Å². The van der Waals surface area contributed by atoms with Crippen molar-refractivity contribution in [2.24, 2.45) is 16.7 Å². The molecule has 1 atom stereocenters. The molecule has 0 aromatic carbocycles. The van der Waals surface area contributed by atoms with Gasteiger partial charge < -0.3 is 9.80 Å². The number of hydrogen-bond acceptors (Lipinski definition) is 3. The zero-order valence-corrected chi connectivity index (χ0v) is 19.6. The van der Waals surface area contributed by atoms with Crippen LogP contribution in [0.25, 0.3) is 0 Å². The highest BCUT2D eigenvalue weighted by molar-refractivity contribution is 7.85. The van der Waals surface area contributed by atoms with E-state index in [0.29, 0.717) is 13.0 Å². The third kappa shape index (κ3) is 11.7. The van der Waals surface area contributed by atoms with Gasteiger partial charge in [-0.3, -0.25) is 9.35 Å². The highest BCUT2D eigenvalue weighted by Crippen LogP contribution is 2.39. The maximum Gasteiger partial charge on any atom is 0.264 e. The molecule has 162 valence electrons. The lowest BCUT2D eigenvalue weighted by Gasteiger charge is -2.38. The minimum Gasteiger partial charge on any atom is -0.355 e. The summed E-state index contributed by atoms with van der Waals surface area (Å²) in [5.41, 5.74) is -0.282. The fraction of sp³-hybridized carbons (Fsp3) is 0.950. The zero-order chi connectivity index (χ0) is 21.5. The molecule has 0 aliphatic heterocycles. The lowest BCUT2D eigenvalue weighted by molar-refractivity contribution is -0.890. The molecule has 0 heterocycles. The molecule has 0 fully saturated rings. The smallest absolute Gasteiger partial charge is 0.264 e. The average molecular weight is 408 g/mol. The SMILES string of the molecule is CC(C)C(C)(CC(C)(C)C)C(=O)NCCC[N+](C)(C)CCCCS(=O)(=O)O. The van der Waals surface area contributed by atoms with Crippen molar-refractivity contribution in [2.45, 2.75) is 67.2 Å². The topological polar surface area (TPSA) is 83.5 Å². The predicted octanol–water partition coefficient (Wildman–Crippen LogP) is 3.34. The van der Waals surface area contributed by atoms with Crippen LogP contribution in [0.4, 0.5) is 0 Å². The van der Waals surface area contributed by atoms with E-state index >= 15 is 0 Å². The molecule has 0 saturated carbocycles. The molecule has 1 unspecified atom stereocenters. The Labute approximate surface area is 167 Å². The van der Waals surface area contributed by atoms with Gasteiger partial charge in [0.05, 0.1) is 32.9 Å². The van der Waals surface area contributed by atoms with Crippen molar-refractivity contribution in [1.29, 1.82) is 0 Å². The lowest BCUT2D eigenvalue weighted by atomic mass is 9.68. The maximum absolute atomic E-state index is 12.8. The van der Waals surface area contributed by atoms with Gasteiger partial charge in [-0.1, -0.05) is 41.5 Å². The molecule has 0 spiro atoms. The van der Waals surface area contributed by atoms with Crippen molar-refractivity contribution in [1.82, 2.24) is 5.32 Å². The third-order valence-electron chi connectivity index (χ3n) is 5.33. The molecule has 0 aromatic rings. The monoisotopic (exact) mass is 407 g/mol. The molecule has 0 radical (unpaired) electrons. The first-order valence-corrected chi connectivity index (χ1v) is 11.6. The molecule has 0 bridgehead atoms. The number of unbranched alkanes of at least 4 members (excludes halogenated alkanes) is 1. The molecule has 2 N–H and O–H groups in total. The van der Waals surface area contributed by atoms with Crippen LogP contribution >= 0.6 is 0 Å². The Bertz CT molecular complexity index is 565. The van der Waals surface area contributed by atoms with Gasteiger partial charge in [0.15, 0.2) is 0 Å². The van der Waals surface area contributed by atoms with Crippen molar-refractivity contribution in [3.63, 3.8) is 0 Å². The van der Waals surface area contributed by atoms with Gasteiger partial charge in [0.2, 0.25) is 5.91 Å². The molecule has 0 saturated heterocycles. The second-order valence-corrected chi connectivity index (χ2v) is 11.9. The van der Waals surface area contributed by atoms with Crippen molar-refractivity contribution in [3.8, 4) is 0 Å². The number of quaternary nitrogens is 1. The van der Waals surface area contributed by atoms with Gasteiger partial charge in [-0.25, -0.2) is 0 Å². The van der Waals surface area contributed by atoms with Crippen LogP contribution in [-0.4, -0.2) is 62.8 Å². The minimum absolute atomic E-state index is 0.0945. The predicted molar refractivity (Wildman–Crippen MR) is 112 cm³/mol. The van der Waals surface area contributed by atoms with E-state index in [4.69, 9.17) is 4.55 Å². The van der Waals surface area contributed by atoms with Crippen molar-refractivity contribution < 1.29 is 22.2 Å². The summed E-state index contributed by atoms with van der Waals surface area (Å²) in [6.45, 7) is 15.2. The van der Waals surface area contributed by atoms with Crippen molar-refractivity contribution in [2.75, 3.05) is 39.5 Å². The van der Waals surface area contributed by atoms with Crippen LogP contribution in [0, 0.1) is 16.7 Å². The zero-order valence-electron chi connectivity index (χ0n) is 18.8. The molecular formula is C20H43N2O4S+. The highest BCUT2D eigenvalue weighted by atomic mass is 32.2. The summed E-state index contributed by atoms with van der Waals surface area (Å²) in [5, 5.41) is 3.13. The van der Waals surface area contributed by atoms with Gasteiger partial charge in [0.25, 0.3) is 10.1 Å². The quantitative estimate of drug-likeness (QED) is 0.295.